The van der Waals surface area contributed by atoms with E-state index in [2.05, 4.69) is 12.2 Å². The second-order valence-electron chi connectivity index (χ2n) is 6.81. The number of nitrogens with one attached hydrogen (secondary N) is 1. The fourth-order valence-electron chi connectivity index (χ4n) is 3.44. The minimum atomic E-state index is -0.159. The number of amides is 3. The molecule has 0 aromatic rings. The minimum Gasteiger partial charge on any atom is -0.356 e. The van der Waals surface area contributed by atoms with E-state index in [-0.39, 0.29) is 29.6 Å². The molecule has 1 aliphatic carbocycles. The van der Waals surface area contributed by atoms with E-state index in [0.29, 0.717) is 18.9 Å². The molecule has 166 valence electrons. The molecular weight excluding hydrogens is 352 g/mol. The summed E-state index contributed by atoms with van der Waals surface area (Å²) in [6.07, 6.45) is 6.06. The molecule has 28 heavy (non-hydrogen) atoms. The van der Waals surface area contributed by atoms with Crippen LogP contribution < -0.4 is 5.32 Å². The minimum absolute atomic E-state index is 0.0237. The summed E-state index contributed by atoms with van der Waals surface area (Å²) in [6.45, 7) is 17.2. The Morgan fingerprint density at radius 3 is 1.96 bits per heavy atom. The quantitative estimate of drug-likeness (QED) is 0.495. The maximum atomic E-state index is 12.0. The fraction of sp³-hybridized carbons (Fsp3) is 0.870. The van der Waals surface area contributed by atoms with Gasteiger partial charge in [-0.3, -0.25) is 19.3 Å². The maximum absolute atomic E-state index is 12.0. The summed E-state index contributed by atoms with van der Waals surface area (Å²) in [6, 6.07) is 0. The molecule has 1 atom stereocenters. The van der Waals surface area contributed by atoms with Crippen LogP contribution in [0.15, 0.2) is 0 Å². The van der Waals surface area contributed by atoms with Crippen LogP contribution in [0.5, 0.6) is 0 Å². The lowest BCUT2D eigenvalue weighted by Crippen LogP contribution is -2.38. The number of likely N-dealkylation sites (tertiary alicyclic amines) is 1. The van der Waals surface area contributed by atoms with Gasteiger partial charge in [-0.2, -0.15) is 0 Å². The highest BCUT2D eigenvalue weighted by atomic mass is 16.2. The summed E-state index contributed by atoms with van der Waals surface area (Å²) in [5.41, 5.74) is 0. The van der Waals surface area contributed by atoms with Crippen molar-refractivity contribution in [1.29, 1.82) is 0 Å². The van der Waals surface area contributed by atoms with E-state index in [0.717, 1.165) is 45.1 Å². The molecule has 1 heterocycles. The molecule has 5 heteroatoms. The summed E-state index contributed by atoms with van der Waals surface area (Å²) in [5.74, 6) is 0.429. The molecule has 2 rings (SSSR count). The van der Waals surface area contributed by atoms with Crippen LogP contribution in [0.4, 0.5) is 0 Å². The number of rotatable bonds is 6. The average Bonchev–Trinajstić information content (AvgIpc) is 2.99. The van der Waals surface area contributed by atoms with Crippen LogP contribution in [0.2, 0.25) is 0 Å². The molecule has 2 fully saturated rings. The van der Waals surface area contributed by atoms with E-state index in [4.69, 9.17) is 0 Å². The third kappa shape index (κ3) is 9.70. The van der Waals surface area contributed by atoms with Crippen LogP contribution in [-0.2, 0) is 14.4 Å². The van der Waals surface area contributed by atoms with Crippen molar-refractivity contribution >= 4 is 17.7 Å². The Bertz CT molecular complexity index is 430. The van der Waals surface area contributed by atoms with Gasteiger partial charge < -0.3 is 5.32 Å². The number of carbonyl (C=O) groups is 3. The smallest absolute Gasteiger partial charge is 0.232 e. The Hall–Kier alpha value is -1.39. The Morgan fingerprint density at radius 2 is 1.54 bits per heavy atom. The zero-order valence-corrected chi connectivity index (χ0v) is 19.8. The Morgan fingerprint density at radius 1 is 1.00 bits per heavy atom. The molecule has 0 radical (unpaired) electrons. The van der Waals surface area contributed by atoms with Gasteiger partial charge in [-0.25, -0.2) is 0 Å². The molecule has 3 amide bonds. The molecule has 1 saturated carbocycles. The first-order valence-electron chi connectivity index (χ1n) is 11.6. The van der Waals surface area contributed by atoms with Crippen molar-refractivity contribution < 1.29 is 14.4 Å². The standard InChI is InChI=1S/C17H28N2O3.3C2H6/c1-3-4-9-18-16(21)14-7-5-13(6-8-14)11-19-15(20)10-12(2)17(19)22;3*1-2/h12-14H,3-11H2,1-2H3,(H,18,21);3*1-2H3. The third-order valence-corrected chi connectivity index (χ3v) is 4.96. The van der Waals surface area contributed by atoms with E-state index in [1.165, 1.54) is 4.90 Å². The highest BCUT2D eigenvalue weighted by molar-refractivity contribution is 6.03. The normalized spacial score (nSPS) is 23.4. The van der Waals surface area contributed by atoms with Crippen molar-refractivity contribution in [2.45, 2.75) is 100 Å². The highest BCUT2D eigenvalue weighted by Crippen LogP contribution is 2.31. The van der Waals surface area contributed by atoms with Gasteiger partial charge >= 0.3 is 0 Å². The zero-order chi connectivity index (χ0) is 22.1. The second-order valence-corrected chi connectivity index (χ2v) is 6.81. The lowest BCUT2D eigenvalue weighted by Gasteiger charge is -2.30. The molecule has 5 nitrogen and oxygen atoms in total. The Labute approximate surface area is 174 Å². The number of hydrogen-bond acceptors (Lipinski definition) is 3. The molecule has 2 aliphatic rings. The number of carbonyl (C=O) groups excluding carboxylic acids is 3. The van der Waals surface area contributed by atoms with Gasteiger partial charge in [0.2, 0.25) is 17.7 Å². The van der Waals surface area contributed by atoms with Crippen molar-refractivity contribution in [2.75, 3.05) is 13.1 Å². The second kappa shape index (κ2) is 17.7. The SMILES string of the molecule is CC.CC.CC.CCCCNC(=O)C1CCC(CN2C(=O)CC(C)C2=O)CC1. The van der Waals surface area contributed by atoms with Gasteiger partial charge in [0.1, 0.15) is 0 Å². The summed E-state index contributed by atoms with van der Waals surface area (Å²) in [7, 11) is 0. The fourth-order valence-corrected chi connectivity index (χ4v) is 3.44. The number of nitrogens with zero attached hydrogens (tertiary/aromatic N) is 1. The molecule has 1 unspecified atom stereocenters. The highest BCUT2D eigenvalue weighted by Gasteiger charge is 2.37. The lowest BCUT2D eigenvalue weighted by molar-refractivity contribution is -0.140. The van der Waals surface area contributed by atoms with Crippen molar-refractivity contribution in [1.82, 2.24) is 10.2 Å². The van der Waals surface area contributed by atoms with Crippen LogP contribution >= 0.6 is 0 Å². The largest absolute Gasteiger partial charge is 0.356 e. The summed E-state index contributed by atoms with van der Waals surface area (Å²) >= 11 is 0. The molecular formula is C23H46N2O3. The maximum Gasteiger partial charge on any atom is 0.232 e. The number of unbranched alkanes of at least 4 members (excludes halogenated alkanes) is 1. The van der Waals surface area contributed by atoms with E-state index in [1.54, 1.807) is 0 Å². The predicted molar refractivity (Wildman–Crippen MR) is 118 cm³/mol. The molecule has 0 aromatic heterocycles. The number of imide groups is 1. The average molecular weight is 399 g/mol. The van der Waals surface area contributed by atoms with Gasteiger partial charge in [0.05, 0.1) is 0 Å². The number of hydrogen-bond donors (Lipinski definition) is 1. The van der Waals surface area contributed by atoms with Crippen LogP contribution in [0.1, 0.15) is 100 Å². The van der Waals surface area contributed by atoms with E-state index >= 15 is 0 Å². The van der Waals surface area contributed by atoms with Crippen molar-refractivity contribution in [3.63, 3.8) is 0 Å². The van der Waals surface area contributed by atoms with Gasteiger partial charge in [0.25, 0.3) is 0 Å². The van der Waals surface area contributed by atoms with Crippen molar-refractivity contribution in [3.8, 4) is 0 Å². The summed E-state index contributed by atoms with van der Waals surface area (Å²) < 4.78 is 0. The molecule has 0 spiro atoms. The first kappa shape index (κ1) is 28.8. The van der Waals surface area contributed by atoms with Gasteiger partial charge in [0, 0.05) is 31.3 Å². The van der Waals surface area contributed by atoms with Crippen molar-refractivity contribution in [3.05, 3.63) is 0 Å². The van der Waals surface area contributed by atoms with Crippen LogP contribution in [0.3, 0.4) is 0 Å². The molecule has 1 saturated heterocycles. The van der Waals surface area contributed by atoms with E-state index < -0.39 is 0 Å². The first-order valence-corrected chi connectivity index (χ1v) is 11.6. The third-order valence-electron chi connectivity index (χ3n) is 4.96. The predicted octanol–water partition coefficient (Wildman–Crippen LogP) is 5.18. The summed E-state index contributed by atoms with van der Waals surface area (Å²) in [5, 5.41) is 3.00. The molecule has 1 N–H and O–H groups in total. The molecule has 0 bridgehead atoms. The topological polar surface area (TPSA) is 66.5 Å². The van der Waals surface area contributed by atoms with Gasteiger partial charge in [-0.15, -0.1) is 0 Å². The van der Waals surface area contributed by atoms with E-state index in [1.807, 2.05) is 48.5 Å². The van der Waals surface area contributed by atoms with Gasteiger partial charge in [-0.1, -0.05) is 61.8 Å². The van der Waals surface area contributed by atoms with Gasteiger partial charge in [-0.05, 0) is 38.0 Å². The van der Waals surface area contributed by atoms with Crippen molar-refractivity contribution in [2.24, 2.45) is 17.8 Å². The lowest BCUT2D eigenvalue weighted by atomic mass is 9.81. The van der Waals surface area contributed by atoms with Crippen LogP contribution in [0, 0.1) is 17.8 Å². The zero-order valence-electron chi connectivity index (χ0n) is 19.8. The first-order chi connectivity index (χ1) is 13.5. The van der Waals surface area contributed by atoms with Crippen LogP contribution in [-0.4, -0.2) is 35.7 Å². The molecule has 0 aromatic carbocycles. The molecule has 1 aliphatic heterocycles. The Kier molecular flexibility index (Phi) is 18.2. The van der Waals surface area contributed by atoms with Crippen LogP contribution in [0.25, 0.3) is 0 Å². The van der Waals surface area contributed by atoms with Gasteiger partial charge in [0.15, 0.2) is 0 Å². The summed E-state index contributed by atoms with van der Waals surface area (Å²) in [4.78, 5) is 37.3. The Balaban J connectivity index is 0. The monoisotopic (exact) mass is 398 g/mol. The van der Waals surface area contributed by atoms with E-state index in [9.17, 15) is 14.4 Å².